The van der Waals surface area contributed by atoms with Gasteiger partial charge in [0.15, 0.2) is 11.6 Å². The van der Waals surface area contributed by atoms with Crippen LogP contribution in [0.4, 0.5) is 4.39 Å². The minimum atomic E-state index is -0.281. The Kier molecular flexibility index (Phi) is 5.26. The number of benzene rings is 1. The maximum Gasteiger partial charge on any atom is 0.165 e. The molecule has 0 aromatic heterocycles. The van der Waals surface area contributed by atoms with Gasteiger partial charge in [-0.2, -0.15) is 0 Å². The van der Waals surface area contributed by atoms with Gasteiger partial charge in [0.1, 0.15) is 0 Å². The molecule has 0 saturated carbocycles. The van der Waals surface area contributed by atoms with E-state index in [1.54, 1.807) is 12.1 Å². The Bertz CT molecular complexity index is 326. The van der Waals surface area contributed by atoms with Crippen LogP contribution < -0.4 is 10.1 Å². The fourth-order valence-electron chi connectivity index (χ4n) is 1.55. The van der Waals surface area contributed by atoms with E-state index in [4.69, 9.17) is 4.74 Å². The van der Waals surface area contributed by atoms with Crippen LogP contribution in [0.25, 0.3) is 0 Å². The number of aryl methyl sites for hydroxylation is 1. The number of nitrogens with one attached hydrogen (secondary N) is 1. The van der Waals surface area contributed by atoms with E-state index in [1.165, 1.54) is 7.11 Å². The predicted molar refractivity (Wildman–Crippen MR) is 64.4 cm³/mol. The third-order valence-corrected chi connectivity index (χ3v) is 2.41. The van der Waals surface area contributed by atoms with Gasteiger partial charge in [0.2, 0.25) is 0 Å². The highest BCUT2D eigenvalue weighted by Crippen LogP contribution is 2.18. The molecule has 0 aliphatic heterocycles. The van der Waals surface area contributed by atoms with Gasteiger partial charge in [0, 0.05) is 6.04 Å². The van der Waals surface area contributed by atoms with Crippen LogP contribution in [0.5, 0.6) is 5.75 Å². The van der Waals surface area contributed by atoms with Crippen LogP contribution in [0.2, 0.25) is 0 Å². The average molecular weight is 225 g/mol. The Morgan fingerprint density at radius 2 is 2.12 bits per heavy atom. The zero-order valence-corrected chi connectivity index (χ0v) is 10.2. The molecule has 0 unspecified atom stereocenters. The van der Waals surface area contributed by atoms with Gasteiger partial charge in [-0.05, 0) is 37.1 Å². The first-order valence-corrected chi connectivity index (χ1v) is 5.69. The van der Waals surface area contributed by atoms with Gasteiger partial charge in [0.05, 0.1) is 7.11 Å². The maximum absolute atomic E-state index is 13.3. The molecule has 16 heavy (non-hydrogen) atoms. The normalized spacial score (nSPS) is 10.8. The van der Waals surface area contributed by atoms with Crippen molar-refractivity contribution in [2.45, 2.75) is 32.7 Å². The second kappa shape index (κ2) is 6.48. The van der Waals surface area contributed by atoms with Crippen LogP contribution >= 0.6 is 0 Å². The molecular weight excluding hydrogens is 205 g/mol. The minimum Gasteiger partial charge on any atom is -0.494 e. The average Bonchev–Trinajstić information content (AvgIpc) is 2.24. The van der Waals surface area contributed by atoms with Gasteiger partial charge >= 0.3 is 0 Å². The zero-order chi connectivity index (χ0) is 12.0. The molecule has 1 aromatic carbocycles. The summed E-state index contributed by atoms with van der Waals surface area (Å²) in [6.45, 7) is 5.20. The van der Waals surface area contributed by atoms with E-state index in [-0.39, 0.29) is 5.82 Å². The van der Waals surface area contributed by atoms with Crippen molar-refractivity contribution in [2.24, 2.45) is 0 Å². The first-order chi connectivity index (χ1) is 7.63. The monoisotopic (exact) mass is 225 g/mol. The second-order valence-corrected chi connectivity index (χ2v) is 4.18. The summed E-state index contributed by atoms with van der Waals surface area (Å²) >= 11 is 0. The lowest BCUT2D eigenvalue weighted by Gasteiger charge is -2.08. The fraction of sp³-hybridized carbons (Fsp3) is 0.538. The molecular formula is C13H20FNO. The lowest BCUT2D eigenvalue weighted by atomic mass is 10.1. The molecule has 90 valence electrons. The molecule has 1 N–H and O–H groups in total. The molecule has 0 fully saturated rings. The predicted octanol–water partition coefficient (Wildman–Crippen LogP) is 2.76. The summed E-state index contributed by atoms with van der Waals surface area (Å²) in [7, 11) is 1.48. The van der Waals surface area contributed by atoms with Gasteiger partial charge in [-0.25, -0.2) is 4.39 Å². The zero-order valence-electron chi connectivity index (χ0n) is 10.2. The van der Waals surface area contributed by atoms with E-state index in [0.717, 1.165) is 24.9 Å². The van der Waals surface area contributed by atoms with Gasteiger partial charge in [-0.3, -0.25) is 0 Å². The Balaban J connectivity index is 2.40. The van der Waals surface area contributed by atoms with Crippen molar-refractivity contribution >= 4 is 0 Å². The molecule has 0 saturated heterocycles. The highest BCUT2D eigenvalue weighted by molar-refractivity contribution is 5.29. The number of hydrogen-bond donors (Lipinski definition) is 1. The largest absolute Gasteiger partial charge is 0.494 e. The molecule has 0 amide bonds. The molecule has 1 aromatic rings. The Hall–Kier alpha value is -1.09. The molecule has 3 heteroatoms. The Labute approximate surface area is 96.8 Å². The van der Waals surface area contributed by atoms with Crippen LogP contribution in [0.15, 0.2) is 18.2 Å². The summed E-state index contributed by atoms with van der Waals surface area (Å²) in [6, 6.07) is 5.65. The van der Waals surface area contributed by atoms with E-state index in [9.17, 15) is 4.39 Å². The number of methoxy groups -OCH3 is 1. The highest BCUT2D eigenvalue weighted by atomic mass is 19.1. The van der Waals surface area contributed by atoms with Crippen molar-refractivity contribution in [3.63, 3.8) is 0 Å². The van der Waals surface area contributed by atoms with E-state index >= 15 is 0 Å². The summed E-state index contributed by atoms with van der Waals surface area (Å²) < 4.78 is 18.2. The van der Waals surface area contributed by atoms with Crippen molar-refractivity contribution in [2.75, 3.05) is 13.7 Å². The van der Waals surface area contributed by atoms with Crippen LogP contribution in [0.1, 0.15) is 25.8 Å². The number of rotatable bonds is 6. The SMILES string of the molecule is COc1ccc(CCCNC(C)C)cc1F. The van der Waals surface area contributed by atoms with Gasteiger partial charge in [-0.15, -0.1) is 0 Å². The van der Waals surface area contributed by atoms with Gasteiger partial charge in [-0.1, -0.05) is 19.9 Å². The second-order valence-electron chi connectivity index (χ2n) is 4.18. The Morgan fingerprint density at radius 1 is 1.38 bits per heavy atom. The molecule has 0 aliphatic carbocycles. The molecule has 0 aliphatic rings. The van der Waals surface area contributed by atoms with Crippen LogP contribution in [-0.4, -0.2) is 19.7 Å². The van der Waals surface area contributed by atoms with Crippen molar-refractivity contribution in [1.29, 1.82) is 0 Å². The first kappa shape index (κ1) is 13.0. The smallest absolute Gasteiger partial charge is 0.165 e. The van der Waals surface area contributed by atoms with Crippen molar-refractivity contribution < 1.29 is 9.13 Å². The first-order valence-electron chi connectivity index (χ1n) is 5.69. The van der Waals surface area contributed by atoms with Gasteiger partial charge in [0.25, 0.3) is 0 Å². The summed E-state index contributed by atoms with van der Waals surface area (Å²) in [5.41, 5.74) is 1.02. The van der Waals surface area contributed by atoms with E-state index in [2.05, 4.69) is 19.2 Å². The molecule has 0 atom stereocenters. The summed E-state index contributed by atoms with van der Waals surface area (Å²) in [4.78, 5) is 0. The lowest BCUT2D eigenvalue weighted by Crippen LogP contribution is -2.23. The summed E-state index contributed by atoms with van der Waals surface area (Å²) in [6.07, 6.45) is 1.91. The third-order valence-electron chi connectivity index (χ3n) is 2.41. The van der Waals surface area contributed by atoms with Crippen LogP contribution in [0, 0.1) is 5.82 Å². The minimum absolute atomic E-state index is 0.281. The maximum atomic E-state index is 13.3. The van der Waals surface area contributed by atoms with Crippen LogP contribution in [-0.2, 0) is 6.42 Å². The van der Waals surface area contributed by atoms with Crippen molar-refractivity contribution in [3.8, 4) is 5.75 Å². The lowest BCUT2D eigenvalue weighted by molar-refractivity contribution is 0.386. The quantitative estimate of drug-likeness (QED) is 0.752. The highest BCUT2D eigenvalue weighted by Gasteiger charge is 2.03. The van der Waals surface area contributed by atoms with Crippen molar-refractivity contribution in [1.82, 2.24) is 5.32 Å². The molecule has 0 spiro atoms. The standard InChI is InChI=1S/C13H20FNO/c1-10(2)15-8-4-5-11-6-7-13(16-3)12(14)9-11/h6-7,9-10,15H,4-5,8H2,1-3H3. The molecule has 2 nitrogen and oxygen atoms in total. The van der Waals surface area contributed by atoms with E-state index in [1.807, 2.05) is 6.07 Å². The Morgan fingerprint density at radius 3 is 2.69 bits per heavy atom. The molecule has 1 rings (SSSR count). The van der Waals surface area contributed by atoms with Crippen molar-refractivity contribution in [3.05, 3.63) is 29.6 Å². The molecule has 0 heterocycles. The van der Waals surface area contributed by atoms with Gasteiger partial charge < -0.3 is 10.1 Å². The number of ether oxygens (including phenoxy) is 1. The summed E-state index contributed by atoms with van der Waals surface area (Å²) in [5, 5.41) is 3.33. The number of halogens is 1. The van der Waals surface area contributed by atoms with E-state index < -0.39 is 0 Å². The molecule has 0 radical (unpaired) electrons. The third kappa shape index (κ3) is 4.19. The van der Waals surface area contributed by atoms with E-state index in [0.29, 0.717) is 11.8 Å². The fourth-order valence-corrected chi connectivity index (χ4v) is 1.55. The topological polar surface area (TPSA) is 21.3 Å². The van der Waals surface area contributed by atoms with Crippen LogP contribution in [0.3, 0.4) is 0 Å². The molecule has 0 bridgehead atoms. The summed E-state index contributed by atoms with van der Waals surface area (Å²) in [5.74, 6) is 0.0286. The number of hydrogen-bond acceptors (Lipinski definition) is 2.